The van der Waals surface area contributed by atoms with Crippen LogP contribution in [0.5, 0.6) is 0 Å². The van der Waals surface area contributed by atoms with Crippen molar-refractivity contribution in [1.82, 2.24) is 14.9 Å². The van der Waals surface area contributed by atoms with Gasteiger partial charge in [0.05, 0.1) is 18.5 Å². The molecule has 2 aromatic heterocycles. The van der Waals surface area contributed by atoms with E-state index in [-0.39, 0.29) is 5.97 Å². The van der Waals surface area contributed by atoms with Crippen molar-refractivity contribution in [3.8, 4) is 0 Å². The van der Waals surface area contributed by atoms with Crippen molar-refractivity contribution < 1.29 is 9.53 Å². The smallest absolute Gasteiger partial charge is 0.348 e. The molecule has 2 N–H and O–H groups in total. The topological polar surface area (TPSA) is 81.3 Å². The molecule has 0 aliphatic carbocycles. The largest absolute Gasteiger partial charge is 0.462 e. The van der Waals surface area contributed by atoms with Crippen LogP contribution in [-0.4, -0.2) is 40.0 Å². The molecule has 0 spiro atoms. The number of carbonyl (C=O) groups is 1. The Balaban J connectivity index is 1.93. The normalized spacial score (nSPS) is 18.9. The van der Waals surface area contributed by atoms with Crippen molar-refractivity contribution in [2.24, 2.45) is 0 Å². The van der Waals surface area contributed by atoms with Crippen LogP contribution in [0.1, 0.15) is 54.2 Å². The maximum absolute atomic E-state index is 12.1. The predicted octanol–water partition coefficient (Wildman–Crippen LogP) is 3.13. The molecule has 0 amide bonds. The molecule has 0 radical (unpaired) electrons. The lowest BCUT2D eigenvalue weighted by Gasteiger charge is -2.32. The third-order valence-electron chi connectivity index (χ3n) is 4.61. The first-order valence-corrected chi connectivity index (χ1v) is 9.29. The lowest BCUT2D eigenvalue weighted by Crippen LogP contribution is -2.37. The Kier molecular flexibility index (Phi) is 5.01. The van der Waals surface area contributed by atoms with Crippen molar-refractivity contribution in [3.63, 3.8) is 0 Å². The SMILES string of the molecule is CCOC(=O)c1sc2nc(CN3CCCC[C@@H]3C)nc(N)c2c1C. The van der Waals surface area contributed by atoms with E-state index < -0.39 is 0 Å². The summed E-state index contributed by atoms with van der Waals surface area (Å²) < 4.78 is 5.12. The molecule has 0 bridgehead atoms. The lowest BCUT2D eigenvalue weighted by atomic mass is 10.0. The summed E-state index contributed by atoms with van der Waals surface area (Å²) in [5.74, 6) is 0.859. The number of hydrogen-bond donors (Lipinski definition) is 1. The quantitative estimate of drug-likeness (QED) is 0.855. The highest BCUT2D eigenvalue weighted by atomic mass is 32.1. The number of hydrogen-bond acceptors (Lipinski definition) is 7. The summed E-state index contributed by atoms with van der Waals surface area (Å²) in [4.78, 5) is 25.0. The molecule has 1 fully saturated rings. The average Bonchev–Trinajstić information content (AvgIpc) is 2.87. The van der Waals surface area contributed by atoms with Crippen LogP contribution in [0.15, 0.2) is 0 Å². The summed E-state index contributed by atoms with van der Waals surface area (Å²) >= 11 is 1.34. The fourth-order valence-electron chi connectivity index (χ4n) is 3.25. The van der Waals surface area contributed by atoms with E-state index >= 15 is 0 Å². The maximum atomic E-state index is 12.1. The summed E-state index contributed by atoms with van der Waals surface area (Å²) in [5.41, 5.74) is 6.98. The molecule has 1 saturated heterocycles. The number of piperidine rings is 1. The second kappa shape index (κ2) is 7.03. The molecule has 7 heteroatoms. The van der Waals surface area contributed by atoms with E-state index in [2.05, 4.69) is 21.8 Å². The first kappa shape index (κ1) is 17.1. The van der Waals surface area contributed by atoms with Gasteiger partial charge in [-0.25, -0.2) is 14.8 Å². The van der Waals surface area contributed by atoms with Crippen LogP contribution >= 0.6 is 11.3 Å². The number of nitrogens with two attached hydrogens (primary N) is 1. The lowest BCUT2D eigenvalue weighted by molar-refractivity contribution is 0.0531. The third-order valence-corrected chi connectivity index (χ3v) is 5.78. The number of fused-ring (bicyclic) bond motifs is 1. The Bertz CT molecular complexity index is 759. The summed E-state index contributed by atoms with van der Waals surface area (Å²) in [6.45, 7) is 8.04. The first-order valence-electron chi connectivity index (χ1n) is 8.48. The van der Waals surface area contributed by atoms with E-state index in [1.807, 2.05) is 6.92 Å². The van der Waals surface area contributed by atoms with Crippen LogP contribution < -0.4 is 5.73 Å². The van der Waals surface area contributed by atoms with Crippen LogP contribution in [0.4, 0.5) is 5.82 Å². The van der Waals surface area contributed by atoms with Crippen molar-refractivity contribution >= 4 is 33.3 Å². The molecule has 1 atom stereocenters. The van der Waals surface area contributed by atoms with E-state index in [0.29, 0.717) is 29.9 Å². The Morgan fingerprint density at radius 3 is 2.92 bits per heavy atom. The zero-order chi connectivity index (χ0) is 17.3. The molecular weight excluding hydrogens is 324 g/mol. The Hall–Kier alpha value is -1.73. The molecule has 130 valence electrons. The van der Waals surface area contributed by atoms with Crippen LogP contribution in [0.25, 0.3) is 10.2 Å². The van der Waals surface area contributed by atoms with Gasteiger partial charge < -0.3 is 10.5 Å². The molecule has 1 aliphatic rings. The molecule has 2 aromatic rings. The summed E-state index contributed by atoms with van der Waals surface area (Å²) in [7, 11) is 0. The van der Waals surface area contributed by atoms with Gasteiger partial charge in [0, 0.05) is 6.04 Å². The molecule has 0 unspecified atom stereocenters. The van der Waals surface area contributed by atoms with Gasteiger partial charge in [0.15, 0.2) is 0 Å². The minimum absolute atomic E-state index is 0.316. The van der Waals surface area contributed by atoms with Gasteiger partial charge in [0.25, 0.3) is 0 Å². The number of aromatic nitrogens is 2. The van der Waals surface area contributed by atoms with Crippen molar-refractivity contribution in [1.29, 1.82) is 0 Å². The van der Waals surface area contributed by atoms with Crippen LogP contribution in [0.3, 0.4) is 0 Å². The monoisotopic (exact) mass is 348 g/mol. The van der Waals surface area contributed by atoms with Crippen LogP contribution in [0.2, 0.25) is 0 Å². The fraction of sp³-hybridized carbons (Fsp3) is 0.588. The van der Waals surface area contributed by atoms with Gasteiger partial charge in [0.2, 0.25) is 0 Å². The van der Waals surface area contributed by atoms with Gasteiger partial charge in [0.1, 0.15) is 21.3 Å². The summed E-state index contributed by atoms with van der Waals surface area (Å²) in [5, 5.41) is 0.776. The molecule has 3 rings (SSSR count). The van der Waals surface area contributed by atoms with E-state index in [4.69, 9.17) is 10.5 Å². The second-order valence-corrected chi connectivity index (χ2v) is 7.30. The average molecular weight is 348 g/mol. The third kappa shape index (κ3) is 3.23. The number of likely N-dealkylation sites (tertiary alicyclic amines) is 1. The van der Waals surface area contributed by atoms with Gasteiger partial charge in [-0.2, -0.15) is 0 Å². The predicted molar refractivity (Wildman–Crippen MR) is 96.2 cm³/mol. The Labute approximate surface area is 146 Å². The van der Waals surface area contributed by atoms with Crippen LogP contribution in [-0.2, 0) is 11.3 Å². The molecule has 24 heavy (non-hydrogen) atoms. The number of aryl methyl sites for hydroxylation is 1. The second-order valence-electron chi connectivity index (χ2n) is 6.30. The highest BCUT2D eigenvalue weighted by molar-refractivity contribution is 7.20. The zero-order valence-corrected chi connectivity index (χ0v) is 15.3. The fourth-order valence-corrected chi connectivity index (χ4v) is 4.35. The van der Waals surface area contributed by atoms with E-state index in [1.165, 1.54) is 30.6 Å². The van der Waals surface area contributed by atoms with Gasteiger partial charge >= 0.3 is 5.97 Å². The number of anilines is 1. The van der Waals surface area contributed by atoms with Gasteiger partial charge in [-0.1, -0.05) is 6.42 Å². The molecule has 3 heterocycles. The standard InChI is InChI=1S/C17H24N4O2S/c1-4-23-17(22)14-11(3)13-15(18)19-12(20-16(13)24-14)9-21-8-6-5-7-10(21)2/h10H,4-9H2,1-3H3,(H2,18,19,20)/t10-/m0/s1. The van der Waals surface area contributed by atoms with Gasteiger partial charge in [-0.3, -0.25) is 4.90 Å². The number of nitrogens with zero attached hydrogens (tertiary/aromatic N) is 3. The highest BCUT2D eigenvalue weighted by Gasteiger charge is 2.23. The molecule has 6 nitrogen and oxygen atoms in total. The number of esters is 1. The minimum atomic E-state index is -0.316. The van der Waals surface area contributed by atoms with E-state index in [9.17, 15) is 4.79 Å². The van der Waals surface area contributed by atoms with E-state index in [0.717, 1.165) is 28.1 Å². The Morgan fingerprint density at radius 2 is 2.21 bits per heavy atom. The Morgan fingerprint density at radius 1 is 1.42 bits per heavy atom. The number of nitrogen functional groups attached to an aromatic ring is 1. The summed E-state index contributed by atoms with van der Waals surface area (Å²) in [6, 6.07) is 0.541. The number of ether oxygens (including phenoxy) is 1. The molecule has 1 aliphatic heterocycles. The van der Waals surface area contributed by atoms with Gasteiger partial charge in [-0.05, 0) is 45.7 Å². The zero-order valence-electron chi connectivity index (χ0n) is 14.5. The van der Waals surface area contributed by atoms with Crippen molar-refractivity contribution in [3.05, 3.63) is 16.3 Å². The van der Waals surface area contributed by atoms with Crippen LogP contribution in [0, 0.1) is 6.92 Å². The minimum Gasteiger partial charge on any atom is -0.462 e. The first-order chi connectivity index (χ1) is 11.5. The molecule has 0 aromatic carbocycles. The maximum Gasteiger partial charge on any atom is 0.348 e. The number of thiophene rings is 1. The number of carbonyl (C=O) groups excluding carboxylic acids is 1. The molecular formula is C17H24N4O2S. The number of rotatable bonds is 4. The molecule has 0 saturated carbocycles. The van der Waals surface area contributed by atoms with E-state index in [1.54, 1.807) is 6.92 Å². The highest BCUT2D eigenvalue weighted by Crippen LogP contribution is 2.33. The van der Waals surface area contributed by atoms with Gasteiger partial charge in [-0.15, -0.1) is 11.3 Å². The van der Waals surface area contributed by atoms with Crippen molar-refractivity contribution in [2.75, 3.05) is 18.9 Å². The van der Waals surface area contributed by atoms with Crippen molar-refractivity contribution in [2.45, 2.75) is 52.6 Å². The summed E-state index contributed by atoms with van der Waals surface area (Å²) in [6.07, 6.45) is 3.71.